The average Bonchev–Trinajstić information content (AvgIpc) is 2.66. The van der Waals surface area contributed by atoms with E-state index in [1.165, 1.54) is 24.2 Å². The van der Waals surface area contributed by atoms with E-state index in [4.69, 9.17) is 10.00 Å². The first-order chi connectivity index (χ1) is 9.08. The van der Waals surface area contributed by atoms with Crippen molar-refractivity contribution < 1.29 is 24.2 Å². The van der Waals surface area contributed by atoms with Gasteiger partial charge in [-0.3, -0.25) is 0 Å². The van der Waals surface area contributed by atoms with Crippen LogP contribution in [0.15, 0.2) is 23.6 Å². The van der Waals surface area contributed by atoms with Gasteiger partial charge in [-0.05, 0) is 6.08 Å². The molecule has 7 nitrogen and oxygen atoms in total. The van der Waals surface area contributed by atoms with Crippen LogP contribution in [0.4, 0.5) is 0 Å². The third kappa shape index (κ3) is 2.25. The number of nitrogens with zero attached hydrogens (tertiary/aromatic N) is 2. The van der Waals surface area contributed by atoms with Crippen LogP contribution < -0.4 is 0 Å². The highest BCUT2D eigenvalue weighted by Crippen LogP contribution is 2.42. The molecule has 0 aromatic carbocycles. The molecule has 100 valence electrons. The van der Waals surface area contributed by atoms with Gasteiger partial charge in [0.25, 0.3) is 0 Å². The predicted molar refractivity (Wildman–Crippen MR) is 61.2 cm³/mol. The lowest BCUT2D eigenvalue weighted by Gasteiger charge is -2.38. The predicted octanol–water partition coefficient (Wildman–Crippen LogP) is 0.356. The van der Waals surface area contributed by atoms with E-state index in [0.29, 0.717) is 12.1 Å². The molecule has 2 saturated heterocycles. The number of carbonyl (C=O) groups excluding carboxylic acids is 1. The summed E-state index contributed by atoms with van der Waals surface area (Å²) >= 11 is 0. The number of ether oxygens (including phenoxy) is 2. The van der Waals surface area contributed by atoms with E-state index in [9.17, 15) is 14.7 Å². The summed E-state index contributed by atoms with van der Waals surface area (Å²) in [6, 6.07) is 0.917. The molecule has 2 atom stereocenters. The fourth-order valence-corrected chi connectivity index (χ4v) is 2.12. The molecule has 0 saturated carbocycles. The molecule has 0 aromatic rings. The normalized spacial score (nSPS) is 28.3. The summed E-state index contributed by atoms with van der Waals surface area (Å²) in [5.41, 5.74) is 0.560. The standard InChI is InChI=1S/C12H12N2O5/c1-18-10(15)6-7-5-9-14(7)11(12(16)17)8(19-9)3-2-4-13/h3,6,9,11H,2,5H2,1H3,(H,16,17)/b7-6-,8-3-/t9-,11-/m1/s1. The Morgan fingerprint density at radius 3 is 3.00 bits per heavy atom. The highest BCUT2D eigenvalue weighted by atomic mass is 16.5. The molecule has 0 aliphatic carbocycles. The summed E-state index contributed by atoms with van der Waals surface area (Å²) in [4.78, 5) is 23.9. The second kappa shape index (κ2) is 5.02. The zero-order valence-corrected chi connectivity index (χ0v) is 10.2. The summed E-state index contributed by atoms with van der Waals surface area (Å²) in [6.07, 6.45) is 2.84. The Balaban J connectivity index is 2.23. The molecule has 2 aliphatic heterocycles. The quantitative estimate of drug-likeness (QED) is 0.580. The molecular weight excluding hydrogens is 252 g/mol. The summed E-state index contributed by atoms with van der Waals surface area (Å²) in [6.45, 7) is 0. The first-order valence-corrected chi connectivity index (χ1v) is 5.61. The van der Waals surface area contributed by atoms with Crippen LogP contribution >= 0.6 is 0 Å². The highest BCUT2D eigenvalue weighted by molar-refractivity contribution is 5.84. The van der Waals surface area contributed by atoms with Crippen molar-refractivity contribution in [2.45, 2.75) is 25.1 Å². The second-order valence-electron chi connectivity index (χ2n) is 4.05. The molecule has 0 radical (unpaired) electrons. The van der Waals surface area contributed by atoms with Crippen molar-refractivity contribution in [1.82, 2.24) is 4.90 Å². The van der Waals surface area contributed by atoms with Crippen molar-refractivity contribution in [3.05, 3.63) is 23.6 Å². The van der Waals surface area contributed by atoms with Crippen molar-refractivity contribution >= 4 is 11.9 Å². The number of methoxy groups -OCH3 is 1. The van der Waals surface area contributed by atoms with Gasteiger partial charge < -0.3 is 19.5 Å². The Hall–Kier alpha value is -2.49. The van der Waals surface area contributed by atoms with Gasteiger partial charge in [0, 0.05) is 18.2 Å². The van der Waals surface area contributed by atoms with Crippen LogP contribution in [0.1, 0.15) is 12.8 Å². The topological polar surface area (TPSA) is 99.9 Å². The van der Waals surface area contributed by atoms with E-state index in [2.05, 4.69) is 4.74 Å². The number of esters is 1. The van der Waals surface area contributed by atoms with Crippen molar-refractivity contribution in [1.29, 1.82) is 5.26 Å². The average molecular weight is 264 g/mol. The molecule has 2 heterocycles. The lowest BCUT2D eigenvalue weighted by atomic mass is 10.0. The fourth-order valence-electron chi connectivity index (χ4n) is 2.12. The van der Waals surface area contributed by atoms with Gasteiger partial charge >= 0.3 is 11.9 Å². The minimum absolute atomic E-state index is 0.0791. The SMILES string of the molecule is COC(=O)/C=C1/C[C@H]2O/C(=C\CC#N)[C@H](C(=O)O)N12. The number of carboxylic acids is 1. The van der Waals surface area contributed by atoms with Gasteiger partial charge in [-0.25, -0.2) is 9.59 Å². The number of carbonyl (C=O) groups is 2. The van der Waals surface area contributed by atoms with Gasteiger partial charge in [0.1, 0.15) is 5.76 Å². The van der Waals surface area contributed by atoms with Gasteiger partial charge in [0.15, 0.2) is 12.3 Å². The Morgan fingerprint density at radius 1 is 1.68 bits per heavy atom. The van der Waals surface area contributed by atoms with E-state index in [0.717, 1.165) is 0 Å². The first-order valence-electron chi connectivity index (χ1n) is 5.61. The minimum Gasteiger partial charge on any atom is -0.479 e. The van der Waals surface area contributed by atoms with Crippen LogP contribution in [0.3, 0.4) is 0 Å². The van der Waals surface area contributed by atoms with Gasteiger partial charge in [0.2, 0.25) is 0 Å². The fraction of sp³-hybridized carbons (Fsp3) is 0.417. The van der Waals surface area contributed by atoms with Crippen LogP contribution in [0.2, 0.25) is 0 Å². The van der Waals surface area contributed by atoms with E-state index in [1.54, 1.807) is 0 Å². The summed E-state index contributed by atoms with van der Waals surface area (Å²) in [5.74, 6) is -1.37. The van der Waals surface area contributed by atoms with E-state index in [-0.39, 0.29) is 18.4 Å². The molecule has 7 heteroatoms. The number of hydrogen-bond donors (Lipinski definition) is 1. The van der Waals surface area contributed by atoms with Gasteiger partial charge in [-0.15, -0.1) is 0 Å². The third-order valence-electron chi connectivity index (χ3n) is 2.96. The number of rotatable bonds is 3. The first kappa shape index (κ1) is 13.0. The number of nitriles is 1. The maximum Gasteiger partial charge on any atom is 0.334 e. The van der Waals surface area contributed by atoms with E-state index >= 15 is 0 Å². The maximum atomic E-state index is 11.3. The molecule has 2 rings (SSSR count). The third-order valence-corrected chi connectivity index (χ3v) is 2.96. The number of allylic oxidation sites excluding steroid dienone is 1. The number of aliphatic carboxylic acids is 1. The molecule has 0 amide bonds. The minimum atomic E-state index is -1.08. The number of fused-ring (bicyclic) bond motifs is 1. The molecule has 2 fully saturated rings. The zero-order chi connectivity index (χ0) is 14.0. The van der Waals surface area contributed by atoms with E-state index in [1.807, 2.05) is 6.07 Å². The Morgan fingerprint density at radius 2 is 2.42 bits per heavy atom. The lowest BCUT2D eigenvalue weighted by Crippen LogP contribution is -2.48. The highest BCUT2D eigenvalue weighted by Gasteiger charge is 2.51. The summed E-state index contributed by atoms with van der Waals surface area (Å²) in [5, 5.41) is 17.7. The van der Waals surface area contributed by atoms with Crippen LogP contribution in [0.25, 0.3) is 0 Å². The van der Waals surface area contributed by atoms with Crippen LogP contribution in [-0.4, -0.2) is 41.3 Å². The number of hydrogen-bond acceptors (Lipinski definition) is 6. The Kier molecular flexibility index (Phi) is 3.42. The largest absolute Gasteiger partial charge is 0.479 e. The zero-order valence-electron chi connectivity index (χ0n) is 10.2. The number of carboxylic acid groups (broad SMARTS) is 1. The Bertz CT molecular complexity index is 517. The van der Waals surface area contributed by atoms with Crippen molar-refractivity contribution in [3.63, 3.8) is 0 Å². The lowest BCUT2D eigenvalue weighted by molar-refractivity contribution is -0.142. The van der Waals surface area contributed by atoms with Crippen molar-refractivity contribution in [3.8, 4) is 6.07 Å². The Labute approximate surface area is 109 Å². The van der Waals surface area contributed by atoms with Crippen LogP contribution in [0.5, 0.6) is 0 Å². The van der Waals surface area contributed by atoms with Gasteiger partial charge in [-0.1, -0.05) is 0 Å². The van der Waals surface area contributed by atoms with Crippen LogP contribution in [-0.2, 0) is 19.1 Å². The van der Waals surface area contributed by atoms with Crippen molar-refractivity contribution in [2.75, 3.05) is 7.11 Å². The molecule has 19 heavy (non-hydrogen) atoms. The van der Waals surface area contributed by atoms with E-state index < -0.39 is 18.0 Å². The maximum absolute atomic E-state index is 11.3. The molecular formula is C12H12N2O5. The van der Waals surface area contributed by atoms with Crippen molar-refractivity contribution in [2.24, 2.45) is 0 Å². The van der Waals surface area contributed by atoms with Crippen LogP contribution in [0, 0.1) is 11.3 Å². The second-order valence-corrected chi connectivity index (χ2v) is 4.05. The summed E-state index contributed by atoms with van der Waals surface area (Å²) in [7, 11) is 1.25. The molecule has 1 N–H and O–H groups in total. The molecule has 0 spiro atoms. The summed E-state index contributed by atoms with van der Waals surface area (Å²) < 4.78 is 9.95. The molecule has 0 unspecified atom stereocenters. The molecule has 0 aromatic heterocycles. The smallest absolute Gasteiger partial charge is 0.334 e. The van der Waals surface area contributed by atoms with Gasteiger partial charge in [-0.2, -0.15) is 5.26 Å². The molecule has 2 aliphatic rings. The molecule has 0 bridgehead atoms. The van der Waals surface area contributed by atoms with Gasteiger partial charge in [0.05, 0.1) is 19.6 Å². The monoisotopic (exact) mass is 264 g/mol.